The van der Waals surface area contributed by atoms with Crippen molar-refractivity contribution in [3.8, 4) is 0 Å². The number of amides is 4. The summed E-state index contributed by atoms with van der Waals surface area (Å²) in [6, 6.07) is -2.27. The van der Waals surface area contributed by atoms with Crippen LogP contribution in [0.5, 0.6) is 0 Å². The van der Waals surface area contributed by atoms with Gasteiger partial charge in [0.2, 0.25) is 23.6 Å². The molecule has 2 aliphatic heterocycles. The number of carbonyl (C=O) groups excluding carboxylic acids is 4. The number of hydrogen-bond acceptors (Lipinski definition) is 12. The van der Waals surface area contributed by atoms with Crippen LogP contribution < -0.4 is 21.3 Å². The molecule has 50 heavy (non-hydrogen) atoms. The van der Waals surface area contributed by atoms with E-state index in [9.17, 15) is 49.8 Å². The number of carbonyl (C=O) groups is 4. The smallest absolute Gasteiger partial charge is 0.226 e. The molecule has 2 aliphatic rings. The first-order valence-electron chi connectivity index (χ1n) is 17.7. The van der Waals surface area contributed by atoms with E-state index in [1.54, 1.807) is 41.5 Å². The standard InChI is InChI=1S/C18H34N2O6.C16H30N2O6/c1-7-17(3,4)15(24)19-9-10-12(21)13(22)11(14(23)26-10)20-16(25)18(5,6)8-2;1-5-8(3)14(21)17-7-10-12(19)13(20)11(16(23)24-10)18-15(22)9(4)6-2/h10-14,21-23H,7-9H2,1-6H3,(H,19,24)(H,20,25);8-13,16,19-20,23H,5-7H2,1-4H3,(H,17,21)(H,18,22). The van der Waals surface area contributed by atoms with E-state index in [2.05, 4.69) is 21.3 Å². The highest BCUT2D eigenvalue weighted by Gasteiger charge is 2.47. The van der Waals surface area contributed by atoms with Crippen molar-refractivity contribution in [1.29, 1.82) is 0 Å². The summed E-state index contributed by atoms with van der Waals surface area (Å²) in [4.78, 5) is 48.1. The van der Waals surface area contributed by atoms with Gasteiger partial charge in [-0.05, 0) is 25.7 Å². The molecule has 10 N–H and O–H groups in total. The molecule has 0 bridgehead atoms. The van der Waals surface area contributed by atoms with Gasteiger partial charge in [-0.25, -0.2) is 0 Å². The van der Waals surface area contributed by atoms with Crippen molar-refractivity contribution in [3.05, 3.63) is 0 Å². The number of ether oxygens (including phenoxy) is 2. The Balaban J connectivity index is 0.000000502. The fourth-order valence-corrected chi connectivity index (χ4v) is 4.69. The molecule has 12 atom stereocenters. The van der Waals surface area contributed by atoms with Gasteiger partial charge >= 0.3 is 0 Å². The molecule has 12 unspecified atom stereocenters. The lowest BCUT2D eigenvalue weighted by molar-refractivity contribution is -0.246. The Kier molecular flexibility index (Phi) is 18.2. The zero-order chi connectivity index (χ0) is 38.7. The molecule has 16 nitrogen and oxygen atoms in total. The van der Waals surface area contributed by atoms with E-state index in [1.807, 2.05) is 27.7 Å². The minimum Gasteiger partial charge on any atom is -0.388 e. The number of aliphatic hydroxyl groups excluding tert-OH is 6. The molecule has 0 aromatic heterocycles. The second kappa shape index (κ2) is 20.0. The van der Waals surface area contributed by atoms with Crippen LogP contribution in [0, 0.1) is 22.7 Å². The highest BCUT2D eigenvalue weighted by atomic mass is 16.6. The van der Waals surface area contributed by atoms with Crippen LogP contribution >= 0.6 is 0 Å². The van der Waals surface area contributed by atoms with E-state index < -0.39 is 72.1 Å². The lowest BCUT2D eigenvalue weighted by Crippen LogP contribution is -2.66. The van der Waals surface area contributed by atoms with E-state index in [0.717, 1.165) is 0 Å². The fraction of sp³-hybridized carbons (Fsp3) is 0.882. The first-order chi connectivity index (χ1) is 23.1. The average Bonchev–Trinajstić information content (AvgIpc) is 3.09. The summed E-state index contributed by atoms with van der Waals surface area (Å²) in [5.74, 6) is -1.54. The molecule has 2 fully saturated rings. The Morgan fingerprint density at radius 2 is 0.960 bits per heavy atom. The van der Waals surface area contributed by atoms with Crippen LogP contribution in [0.2, 0.25) is 0 Å². The third-order valence-corrected chi connectivity index (χ3v) is 10.1. The van der Waals surface area contributed by atoms with Crippen LogP contribution in [0.3, 0.4) is 0 Å². The fourth-order valence-electron chi connectivity index (χ4n) is 4.69. The van der Waals surface area contributed by atoms with Crippen molar-refractivity contribution in [2.24, 2.45) is 22.7 Å². The highest BCUT2D eigenvalue weighted by Crippen LogP contribution is 2.25. The maximum absolute atomic E-state index is 12.3. The van der Waals surface area contributed by atoms with Crippen molar-refractivity contribution >= 4 is 23.6 Å². The van der Waals surface area contributed by atoms with Crippen molar-refractivity contribution in [1.82, 2.24) is 21.3 Å². The largest absolute Gasteiger partial charge is 0.388 e. The lowest BCUT2D eigenvalue weighted by atomic mass is 9.87. The average molecular weight is 721 g/mol. The molecule has 0 radical (unpaired) electrons. The van der Waals surface area contributed by atoms with Crippen molar-refractivity contribution in [2.45, 2.75) is 156 Å². The van der Waals surface area contributed by atoms with Gasteiger partial charge in [0.1, 0.15) is 48.7 Å². The zero-order valence-corrected chi connectivity index (χ0v) is 31.3. The quantitative estimate of drug-likeness (QED) is 0.104. The number of nitrogens with one attached hydrogen (secondary N) is 4. The van der Waals surface area contributed by atoms with E-state index in [-0.39, 0.29) is 48.6 Å². The van der Waals surface area contributed by atoms with Gasteiger partial charge in [-0.2, -0.15) is 0 Å². The molecule has 4 amide bonds. The summed E-state index contributed by atoms with van der Waals surface area (Å²) in [5, 5.41) is 71.5. The van der Waals surface area contributed by atoms with Crippen molar-refractivity contribution in [3.63, 3.8) is 0 Å². The van der Waals surface area contributed by atoms with E-state index in [1.165, 1.54) is 0 Å². The number of rotatable bonds is 14. The Morgan fingerprint density at radius 3 is 1.38 bits per heavy atom. The Hall–Kier alpha value is -2.44. The van der Waals surface area contributed by atoms with Gasteiger partial charge in [0, 0.05) is 35.8 Å². The summed E-state index contributed by atoms with van der Waals surface area (Å²) < 4.78 is 10.6. The van der Waals surface area contributed by atoms with Crippen LogP contribution in [-0.2, 0) is 28.7 Å². The van der Waals surface area contributed by atoms with Gasteiger partial charge in [0.05, 0.1) is 0 Å². The lowest BCUT2D eigenvalue weighted by Gasteiger charge is -2.42. The van der Waals surface area contributed by atoms with Crippen LogP contribution in [-0.4, -0.2) is 129 Å². The monoisotopic (exact) mass is 720 g/mol. The van der Waals surface area contributed by atoms with Crippen LogP contribution in [0.15, 0.2) is 0 Å². The van der Waals surface area contributed by atoms with Gasteiger partial charge in [-0.1, -0.05) is 69.2 Å². The normalized spacial score (nSPS) is 31.3. The summed E-state index contributed by atoms with van der Waals surface area (Å²) in [6.45, 7) is 18.0. The third kappa shape index (κ3) is 12.4. The van der Waals surface area contributed by atoms with Gasteiger partial charge < -0.3 is 61.4 Å². The highest BCUT2D eigenvalue weighted by molar-refractivity contribution is 5.82. The molecular weight excluding hydrogens is 656 g/mol. The predicted octanol–water partition coefficient (Wildman–Crippen LogP) is -0.983. The SMILES string of the molecule is CCC(C)(C)C(=O)NCC1OC(O)C(NC(=O)C(C)(C)CC)C(O)C1O.CCC(C)C(=O)NCC1OC(O)C(NC(=O)C(C)CC)C(O)C1O. The van der Waals surface area contributed by atoms with Gasteiger partial charge in [-0.3, -0.25) is 19.2 Å². The maximum atomic E-state index is 12.3. The van der Waals surface area contributed by atoms with Gasteiger partial charge in [0.15, 0.2) is 12.6 Å². The molecule has 0 spiro atoms. The van der Waals surface area contributed by atoms with Gasteiger partial charge in [-0.15, -0.1) is 0 Å². The van der Waals surface area contributed by atoms with Crippen LogP contribution in [0.4, 0.5) is 0 Å². The third-order valence-electron chi connectivity index (χ3n) is 10.1. The Labute approximate surface area is 296 Å². The molecule has 2 rings (SSSR count). The van der Waals surface area contributed by atoms with Crippen LogP contribution in [0.1, 0.15) is 94.9 Å². The molecular formula is C34H64N4O12. The summed E-state index contributed by atoms with van der Waals surface area (Å²) >= 11 is 0. The Morgan fingerprint density at radius 1 is 0.580 bits per heavy atom. The molecule has 2 heterocycles. The van der Waals surface area contributed by atoms with Gasteiger partial charge in [0.25, 0.3) is 0 Å². The van der Waals surface area contributed by atoms with E-state index in [4.69, 9.17) is 9.47 Å². The predicted molar refractivity (Wildman–Crippen MR) is 183 cm³/mol. The van der Waals surface area contributed by atoms with Crippen molar-refractivity contribution < 1.29 is 59.3 Å². The maximum Gasteiger partial charge on any atom is 0.226 e. The summed E-state index contributed by atoms with van der Waals surface area (Å²) in [6.07, 6.45) is -7.93. The Bertz CT molecular complexity index is 1100. The molecule has 0 saturated carbocycles. The first-order valence-corrected chi connectivity index (χ1v) is 17.7. The summed E-state index contributed by atoms with van der Waals surface area (Å²) in [5.41, 5.74) is -1.25. The van der Waals surface area contributed by atoms with Crippen LogP contribution in [0.25, 0.3) is 0 Å². The van der Waals surface area contributed by atoms with Crippen molar-refractivity contribution in [2.75, 3.05) is 13.1 Å². The molecule has 2 saturated heterocycles. The topological polar surface area (TPSA) is 256 Å². The second-order valence-electron chi connectivity index (χ2n) is 14.7. The van der Waals surface area contributed by atoms with E-state index in [0.29, 0.717) is 25.7 Å². The number of aliphatic hydroxyl groups is 6. The number of hydrogen-bond donors (Lipinski definition) is 10. The summed E-state index contributed by atoms with van der Waals surface area (Å²) in [7, 11) is 0. The molecule has 0 aromatic rings. The molecule has 0 aliphatic carbocycles. The molecule has 0 aromatic carbocycles. The molecule has 16 heteroatoms. The first kappa shape index (κ1) is 45.6. The molecule has 292 valence electrons. The minimum atomic E-state index is -1.49. The minimum absolute atomic E-state index is 0.0372. The zero-order valence-electron chi connectivity index (χ0n) is 31.3. The second-order valence-corrected chi connectivity index (χ2v) is 14.7. The van der Waals surface area contributed by atoms with E-state index >= 15 is 0 Å².